The van der Waals surface area contributed by atoms with Crippen molar-refractivity contribution in [2.24, 2.45) is 0 Å². The monoisotopic (exact) mass is 343 g/mol. The molecule has 0 radical (unpaired) electrons. The Labute approximate surface area is 147 Å². The maximum absolute atomic E-state index is 11.6. The summed E-state index contributed by atoms with van der Waals surface area (Å²) in [5.74, 6) is 0. The number of hydrogen-bond donors (Lipinski definition) is 1. The summed E-state index contributed by atoms with van der Waals surface area (Å²) in [6.07, 6.45) is 5.15. The van der Waals surface area contributed by atoms with Gasteiger partial charge in [0.1, 0.15) is 10.6 Å². The van der Waals surface area contributed by atoms with Crippen LogP contribution in [-0.2, 0) is 12.1 Å². The molecule has 0 saturated carbocycles. The molecule has 1 N–H and O–H groups in total. The third-order valence-corrected chi connectivity index (χ3v) is 6.25. The lowest BCUT2D eigenvalue weighted by Crippen LogP contribution is -2.60. The maximum Gasteiger partial charge on any atom is 0.108 e. The van der Waals surface area contributed by atoms with Gasteiger partial charge in [0.2, 0.25) is 0 Å². The van der Waals surface area contributed by atoms with E-state index in [1.807, 2.05) is 29.8 Å². The highest BCUT2D eigenvalue weighted by atomic mass is 32.1. The molecule has 2 aliphatic rings. The van der Waals surface area contributed by atoms with Crippen molar-refractivity contribution in [3.63, 3.8) is 0 Å². The van der Waals surface area contributed by atoms with E-state index in [1.165, 1.54) is 17.8 Å². The zero-order chi connectivity index (χ0) is 16.4. The fourth-order valence-corrected chi connectivity index (χ4v) is 4.84. The molecular formula is C19H25N3OS. The predicted molar refractivity (Wildman–Crippen MR) is 96.9 cm³/mol. The highest BCUT2D eigenvalue weighted by molar-refractivity contribution is 7.09. The summed E-state index contributed by atoms with van der Waals surface area (Å²) in [7, 11) is 0. The Morgan fingerprint density at radius 3 is 2.67 bits per heavy atom. The van der Waals surface area contributed by atoms with Gasteiger partial charge in [-0.05, 0) is 37.9 Å². The number of aromatic nitrogens is 1. The number of hydrogen-bond acceptors (Lipinski definition) is 5. The van der Waals surface area contributed by atoms with Crippen molar-refractivity contribution >= 4 is 11.3 Å². The van der Waals surface area contributed by atoms with Crippen LogP contribution in [0.2, 0.25) is 0 Å². The van der Waals surface area contributed by atoms with Crippen LogP contribution in [0.25, 0.3) is 0 Å². The summed E-state index contributed by atoms with van der Waals surface area (Å²) in [6, 6.07) is 10.4. The van der Waals surface area contributed by atoms with Gasteiger partial charge in [-0.15, -0.1) is 11.3 Å². The molecule has 0 spiro atoms. The molecule has 1 aromatic heterocycles. The topological polar surface area (TPSA) is 39.6 Å². The summed E-state index contributed by atoms with van der Waals surface area (Å²) in [5.41, 5.74) is 0.320. The van der Waals surface area contributed by atoms with E-state index in [4.69, 9.17) is 0 Å². The number of thiazole rings is 1. The van der Waals surface area contributed by atoms with Gasteiger partial charge in [0.25, 0.3) is 0 Å². The SMILES string of the molecule is O[C@]1(c2ccccc2)CCN(Cc2nccs2)C[C@H]1N1CCCC1. The first-order chi connectivity index (χ1) is 11.8. The molecule has 2 aromatic rings. The third-order valence-electron chi connectivity index (χ3n) is 5.49. The Hall–Kier alpha value is -1.27. The van der Waals surface area contributed by atoms with E-state index in [0.717, 1.165) is 44.7 Å². The van der Waals surface area contributed by atoms with Crippen LogP contribution in [-0.4, -0.2) is 52.1 Å². The van der Waals surface area contributed by atoms with E-state index in [9.17, 15) is 5.11 Å². The first-order valence-corrected chi connectivity index (χ1v) is 9.76. The molecular weight excluding hydrogens is 318 g/mol. The molecule has 2 fully saturated rings. The Kier molecular flexibility index (Phi) is 4.68. The molecule has 0 bridgehead atoms. The number of likely N-dealkylation sites (tertiary alicyclic amines) is 2. The Morgan fingerprint density at radius 2 is 1.96 bits per heavy atom. The summed E-state index contributed by atoms with van der Waals surface area (Å²) in [4.78, 5) is 9.39. The van der Waals surface area contributed by atoms with Gasteiger partial charge in [0, 0.05) is 24.7 Å². The number of nitrogens with zero attached hydrogens (tertiary/aromatic N) is 3. The van der Waals surface area contributed by atoms with Crippen LogP contribution in [0, 0.1) is 0 Å². The summed E-state index contributed by atoms with van der Waals surface area (Å²) >= 11 is 1.72. The largest absolute Gasteiger partial charge is 0.383 e. The minimum absolute atomic E-state index is 0.163. The molecule has 5 heteroatoms. The van der Waals surface area contributed by atoms with Gasteiger partial charge in [-0.2, -0.15) is 0 Å². The van der Waals surface area contributed by atoms with Gasteiger partial charge in [-0.25, -0.2) is 4.98 Å². The van der Waals surface area contributed by atoms with Crippen molar-refractivity contribution in [3.8, 4) is 0 Å². The zero-order valence-electron chi connectivity index (χ0n) is 14.0. The lowest BCUT2D eigenvalue weighted by molar-refractivity contribution is -0.0959. The van der Waals surface area contributed by atoms with E-state index in [2.05, 4.69) is 26.9 Å². The molecule has 3 heterocycles. The summed E-state index contributed by atoms with van der Waals surface area (Å²) in [6.45, 7) is 4.92. The minimum atomic E-state index is -0.745. The second-order valence-electron chi connectivity index (χ2n) is 6.96. The average Bonchev–Trinajstić information content (AvgIpc) is 3.31. The maximum atomic E-state index is 11.6. The highest BCUT2D eigenvalue weighted by Crippen LogP contribution is 2.37. The Bertz CT molecular complexity index is 642. The lowest BCUT2D eigenvalue weighted by atomic mass is 9.79. The third kappa shape index (κ3) is 3.14. The van der Waals surface area contributed by atoms with Crippen molar-refractivity contribution in [3.05, 3.63) is 52.5 Å². The summed E-state index contributed by atoms with van der Waals surface area (Å²) < 4.78 is 0. The van der Waals surface area contributed by atoms with Crippen LogP contribution < -0.4 is 0 Å². The van der Waals surface area contributed by atoms with Crippen molar-refractivity contribution in [2.75, 3.05) is 26.2 Å². The van der Waals surface area contributed by atoms with Crippen molar-refractivity contribution in [1.29, 1.82) is 0 Å². The first-order valence-electron chi connectivity index (χ1n) is 8.88. The van der Waals surface area contributed by atoms with Gasteiger partial charge in [0.15, 0.2) is 0 Å². The predicted octanol–water partition coefficient (Wildman–Crippen LogP) is 2.70. The summed E-state index contributed by atoms with van der Waals surface area (Å²) in [5, 5.41) is 14.8. The van der Waals surface area contributed by atoms with Crippen molar-refractivity contribution < 1.29 is 5.11 Å². The van der Waals surface area contributed by atoms with Crippen molar-refractivity contribution in [1.82, 2.24) is 14.8 Å². The van der Waals surface area contributed by atoms with E-state index in [0.29, 0.717) is 0 Å². The molecule has 4 rings (SSSR count). The number of piperidine rings is 1. The second kappa shape index (κ2) is 6.92. The Morgan fingerprint density at radius 1 is 1.17 bits per heavy atom. The first kappa shape index (κ1) is 16.2. The fraction of sp³-hybridized carbons (Fsp3) is 0.526. The van der Waals surface area contributed by atoms with E-state index < -0.39 is 5.60 Å². The molecule has 2 atom stereocenters. The highest BCUT2D eigenvalue weighted by Gasteiger charge is 2.46. The van der Waals surface area contributed by atoms with Crippen LogP contribution in [0.5, 0.6) is 0 Å². The molecule has 0 amide bonds. The average molecular weight is 343 g/mol. The molecule has 2 saturated heterocycles. The number of aliphatic hydroxyl groups is 1. The molecule has 24 heavy (non-hydrogen) atoms. The van der Waals surface area contributed by atoms with Gasteiger partial charge in [-0.1, -0.05) is 30.3 Å². The minimum Gasteiger partial charge on any atom is -0.383 e. The van der Waals surface area contributed by atoms with Crippen LogP contribution >= 0.6 is 11.3 Å². The second-order valence-corrected chi connectivity index (χ2v) is 7.94. The van der Waals surface area contributed by atoms with Gasteiger partial charge >= 0.3 is 0 Å². The number of rotatable bonds is 4. The van der Waals surface area contributed by atoms with Gasteiger partial charge in [-0.3, -0.25) is 9.80 Å². The quantitative estimate of drug-likeness (QED) is 0.926. The smallest absolute Gasteiger partial charge is 0.108 e. The zero-order valence-corrected chi connectivity index (χ0v) is 14.8. The van der Waals surface area contributed by atoms with Gasteiger partial charge < -0.3 is 5.11 Å². The van der Waals surface area contributed by atoms with Crippen LogP contribution in [0.4, 0.5) is 0 Å². The van der Waals surface area contributed by atoms with Crippen LogP contribution in [0.1, 0.15) is 29.8 Å². The van der Waals surface area contributed by atoms with Crippen molar-refractivity contribution in [2.45, 2.75) is 37.5 Å². The van der Waals surface area contributed by atoms with Gasteiger partial charge in [0.05, 0.1) is 12.6 Å². The molecule has 0 aliphatic carbocycles. The molecule has 1 aromatic carbocycles. The van der Waals surface area contributed by atoms with E-state index >= 15 is 0 Å². The van der Waals surface area contributed by atoms with E-state index in [-0.39, 0.29) is 6.04 Å². The standard InChI is InChI=1S/C19H25N3OS/c23-19(16-6-2-1-3-7-16)8-12-21(15-18-20-9-13-24-18)14-17(19)22-10-4-5-11-22/h1-3,6-7,9,13,17,23H,4-5,8,10-12,14-15H2/t17-,19+/m1/s1. The molecule has 0 unspecified atom stereocenters. The molecule has 4 nitrogen and oxygen atoms in total. The van der Waals surface area contributed by atoms with E-state index in [1.54, 1.807) is 11.3 Å². The Balaban J connectivity index is 1.58. The van der Waals surface area contributed by atoms with Crippen LogP contribution in [0.15, 0.2) is 41.9 Å². The fourth-order valence-electron chi connectivity index (χ4n) is 4.18. The lowest BCUT2D eigenvalue weighted by Gasteiger charge is -2.48. The number of benzene rings is 1. The molecule has 2 aliphatic heterocycles. The van der Waals surface area contributed by atoms with Crippen LogP contribution in [0.3, 0.4) is 0 Å². The molecule has 128 valence electrons. The normalized spacial score (nSPS) is 29.1.